The van der Waals surface area contributed by atoms with Crippen molar-refractivity contribution < 1.29 is 28.6 Å². The summed E-state index contributed by atoms with van der Waals surface area (Å²) in [6.07, 6.45) is 0.295. The lowest BCUT2D eigenvalue weighted by molar-refractivity contribution is -0.121. The van der Waals surface area contributed by atoms with Crippen LogP contribution in [0, 0.1) is 5.92 Å². The first-order chi connectivity index (χ1) is 10.5. The van der Waals surface area contributed by atoms with Gasteiger partial charge < -0.3 is 19.5 Å². The lowest BCUT2D eigenvalue weighted by Gasteiger charge is -2.25. The Hall–Kier alpha value is -2.41. The number of amides is 1. The van der Waals surface area contributed by atoms with E-state index in [4.69, 9.17) is 4.74 Å². The minimum Gasteiger partial charge on any atom is -0.465 e. The summed E-state index contributed by atoms with van der Waals surface area (Å²) in [5.74, 6) is -1.22. The van der Waals surface area contributed by atoms with Crippen molar-refractivity contribution in [1.82, 2.24) is 0 Å². The van der Waals surface area contributed by atoms with Crippen LogP contribution in [0.15, 0.2) is 18.2 Å². The molecule has 118 valence electrons. The van der Waals surface area contributed by atoms with Crippen LogP contribution in [0.2, 0.25) is 0 Å². The molecular weight excluding hydrogens is 290 g/mol. The van der Waals surface area contributed by atoms with Gasteiger partial charge in [0.15, 0.2) is 0 Å². The molecule has 0 aliphatic carbocycles. The molecule has 1 aliphatic heterocycles. The SMILES string of the molecule is COC(=O)c1ccc(C(=O)OC)c(NC(=O)CC2COC2)c1. The average molecular weight is 307 g/mol. The summed E-state index contributed by atoms with van der Waals surface area (Å²) in [6, 6.07) is 4.25. The number of hydrogen-bond donors (Lipinski definition) is 1. The van der Waals surface area contributed by atoms with E-state index in [2.05, 4.69) is 14.8 Å². The molecular formula is C15H17NO6. The molecule has 0 radical (unpaired) electrons. The highest BCUT2D eigenvalue weighted by Gasteiger charge is 2.23. The van der Waals surface area contributed by atoms with Crippen molar-refractivity contribution >= 4 is 23.5 Å². The molecule has 1 amide bonds. The summed E-state index contributed by atoms with van der Waals surface area (Å²) >= 11 is 0. The Kier molecular flexibility index (Phi) is 5.11. The van der Waals surface area contributed by atoms with Gasteiger partial charge in [-0.05, 0) is 18.2 Å². The van der Waals surface area contributed by atoms with Gasteiger partial charge in [0.2, 0.25) is 5.91 Å². The number of rotatable bonds is 5. The molecule has 2 rings (SSSR count). The lowest BCUT2D eigenvalue weighted by Crippen LogP contribution is -2.31. The zero-order chi connectivity index (χ0) is 16.1. The smallest absolute Gasteiger partial charge is 0.339 e. The number of esters is 2. The maximum absolute atomic E-state index is 12.0. The maximum Gasteiger partial charge on any atom is 0.339 e. The van der Waals surface area contributed by atoms with Crippen molar-refractivity contribution in [2.45, 2.75) is 6.42 Å². The molecule has 1 heterocycles. The Morgan fingerprint density at radius 1 is 1.18 bits per heavy atom. The van der Waals surface area contributed by atoms with Gasteiger partial charge in [0.25, 0.3) is 0 Å². The number of anilines is 1. The van der Waals surface area contributed by atoms with Crippen LogP contribution in [-0.4, -0.2) is 45.3 Å². The van der Waals surface area contributed by atoms with Gasteiger partial charge in [0.05, 0.1) is 44.2 Å². The van der Waals surface area contributed by atoms with E-state index in [0.29, 0.717) is 19.6 Å². The fourth-order valence-corrected chi connectivity index (χ4v) is 2.05. The number of carbonyl (C=O) groups is 3. The molecule has 22 heavy (non-hydrogen) atoms. The Bertz CT molecular complexity index is 594. The topological polar surface area (TPSA) is 90.9 Å². The molecule has 0 aromatic heterocycles. The fraction of sp³-hybridized carbons (Fsp3) is 0.400. The Morgan fingerprint density at radius 2 is 1.86 bits per heavy atom. The zero-order valence-electron chi connectivity index (χ0n) is 12.4. The third-order valence-electron chi connectivity index (χ3n) is 3.30. The van der Waals surface area contributed by atoms with Gasteiger partial charge in [-0.2, -0.15) is 0 Å². The molecule has 7 heteroatoms. The first-order valence-corrected chi connectivity index (χ1v) is 6.73. The molecule has 7 nitrogen and oxygen atoms in total. The highest BCUT2D eigenvalue weighted by Crippen LogP contribution is 2.21. The summed E-state index contributed by atoms with van der Waals surface area (Å²) in [7, 11) is 2.50. The van der Waals surface area contributed by atoms with E-state index >= 15 is 0 Å². The second kappa shape index (κ2) is 7.04. The van der Waals surface area contributed by atoms with Gasteiger partial charge in [-0.1, -0.05) is 0 Å². The standard InChI is InChI=1S/C15H17NO6/c1-20-14(18)10-3-4-11(15(19)21-2)12(6-10)16-13(17)5-9-7-22-8-9/h3-4,6,9H,5,7-8H2,1-2H3,(H,16,17). The Morgan fingerprint density at radius 3 is 2.41 bits per heavy atom. The number of benzene rings is 1. The van der Waals surface area contributed by atoms with E-state index < -0.39 is 11.9 Å². The number of hydrogen-bond acceptors (Lipinski definition) is 6. The van der Waals surface area contributed by atoms with Crippen molar-refractivity contribution in [1.29, 1.82) is 0 Å². The number of ether oxygens (including phenoxy) is 3. The van der Waals surface area contributed by atoms with Crippen molar-refractivity contribution in [3.8, 4) is 0 Å². The summed E-state index contributed by atoms with van der Waals surface area (Å²) in [5.41, 5.74) is 0.630. The van der Waals surface area contributed by atoms with Crippen LogP contribution in [-0.2, 0) is 19.0 Å². The summed E-state index contributed by atoms with van der Waals surface area (Å²) < 4.78 is 14.3. The average Bonchev–Trinajstić information content (AvgIpc) is 2.49. The van der Waals surface area contributed by atoms with Crippen LogP contribution in [0.4, 0.5) is 5.69 Å². The molecule has 1 fully saturated rings. The van der Waals surface area contributed by atoms with Crippen LogP contribution >= 0.6 is 0 Å². The van der Waals surface area contributed by atoms with Crippen LogP contribution in [0.25, 0.3) is 0 Å². The molecule has 1 N–H and O–H groups in total. The van der Waals surface area contributed by atoms with E-state index in [9.17, 15) is 14.4 Å². The molecule has 0 bridgehead atoms. The summed E-state index contributed by atoms with van der Waals surface area (Å²) in [6.45, 7) is 1.11. The highest BCUT2D eigenvalue weighted by atomic mass is 16.5. The van der Waals surface area contributed by atoms with Crippen LogP contribution in [0.1, 0.15) is 27.1 Å². The third-order valence-corrected chi connectivity index (χ3v) is 3.30. The zero-order valence-corrected chi connectivity index (χ0v) is 12.4. The van der Waals surface area contributed by atoms with E-state index in [1.807, 2.05) is 0 Å². The van der Waals surface area contributed by atoms with Gasteiger partial charge >= 0.3 is 11.9 Å². The molecule has 1 aromatic rings. The molecule has 0 atom stereocenters. The van der Waals surface area contributed by atoms with Gasteiger partial charge in [-0.3, -0.25) is 4.79 Å². The summed E-state index contributed by atoms with van der Waals surface area (Å²) in [5, 5.41) is 2.64. The second-order valence-electron chi connectivity index (χ2n) is 4.90. The van der Waals surface area contributed by atoms with Crippen LogP contribution < -0.4 is 5.32 Å². The Balaban J connectivity index is 2.21. The monoisotopic (exact) mass is 307 g/mol. The second-order valence-corrected chi connectivity index (χ2v) is 4.90. The van der Waals surface area contributed by atoms with Gasteiger partial charge in [0, 0.05) is 12.3 Å². The molecule has 1 aliphatic rings. The predicted molar refractivity (Wildman–Crippen MR) is 76.7 cm³/mol. The Labute approximate surface area is 127 Å². The normalized spacial score (nSPS) is 13.9. The van der Waals surface area contributed by atoms with Crippen LogP contribution in [0.5, 0.6) is 0 Å². The van der Waals surface area contributed by atoms with E-state index in [0.717, 1.165) is 0 Å². The van der Waals surface area contributed by atoms with Gasteiger partial charge in [0.1, 0.15) is 0 Å². The quantitative estimate of drug-likeness (QED) is 0.823. The van der Waals surface area contributed by atoms with E-state index in [-0.39, 0.29) is 28.6 Å². The van der Waals surface area contributed by atoms with Crippen molar-refractivity contribution in [3.63, 3.8) is 0 Å². The largest absolute Gasteiger partial charge is 0.465 e. The van der Waals surface area contributed by atoms with Crippen molar-refractivity contribution in [2.24, 2.45) is 5.92 Å². The third kappa shape index (κ3) is 3.62. The van der Waals surface area contributed by atoms with Gasteiger partial charge in [-0.25, -0.2) is 9.59 Å². The molecule has 1 saturated heterocycles. The summed E-state index contributed by atoms with van der Waals surface area (Å²) in [4.78, 5) is 35.3. The van der Waals surface area contributed by atoms with E-state index in [1.54, 1.807) is 0 Å². The molecule has 0 spiro atoms. The minimum atomic E-state index is -0.598. The van der Waals surface area contributed by atoms with Crippen molar-refractivity contribution in [2.75, 3.05) is 32.8 Å². The number of nitrogens with one attached hydrogen (secondary N) is 1. The number of methoxy groups -OCH3 is 2. The molecule has 0 unspecified atom stereocenters. The van der Waals surface area contributed by atoms with E-state index in [1.165, 1.54) is 32.4 Å². The number of carbonyl (C=O) groups excluding carboxylic acids is 3. The first kappa shape index (κ1) is 16.0. The predicted octanol–water partition coefficient (Wildman–Crippen LogP) is 1.23. The lowest BCUT2D eigenvalue weighted by atomic mass is 10.0. The molecule has 1 aromatic carbocycles. The van der Waals surface area contributed by atoms with Crippen molar-refractivity contribution in [3.05, 3.63) is 29.3 Å². The molecule has 0 saturated carbocycles. The minimum absolute atomic E-state index is 0.174. The van der Waals surface area contributed by atoms with Gasteiger partial charge in [-0.15, -0.1) is 0 Å². The fourth-order valence-electron chi connectivity index (χ4n) is 2.05. The van der Waals surface area contributed by atoms with Crippen LogP contribution in [0.3, 0.4) is 0 Å². The highest BCUT2D eigenvalue weighted by molar-refractivity contribution is 6.03. The maximum atomic E-state index is 12.0. The first-order valence-electron chi connectivity index (χ1n) is 6.73.